The topological polar surface area (TPSA) is 38.5 Å². The molecule has 1 aliphatic heterocycles. The molecule has 1 aromatic carbocycles. The van der Waals surface area contributed by atoms with E-state index in [-0.39, 0.29) is 24.6 Å². The van der Waals surface area contributed by atoms with E-state index in [0.29, 0.717) is 17.7 Å². The molecule has 1 aliphatic rings. The zero-order valence-corrected chi connectivity index (χ0v) is 12.0. The molecule has 2 N–H and O–H groups in total. The van der Waals surface area contributed by atoms with Gasteiger partial charge in [-0.15, -0.1) is 0 Å². The molecule has 20 heavy (non-hydrogen) atoms. The molecule has 1 aromatic rings. The fraction of sp³-hybridized carbons (Fsp3) is 0.500. The highest BCUT2D eigenvalue weighted by molar-refractivity contribution is 5.37. The van der Waals surface area contributed by atoms with E-state index in [2.05, 4.69) is 16.7 Å². The quantitative estimate of drug-likeness (QED) is 0.836. The van der Waals surface area contributed by atoms with Crippen molar-refractivity contribution in [1.82, 2.24) is 4.90 Å². The van der Waals surface area contributed by atoms with E-state index in [1.54, 1.807) is 6.07 Å². The number of benzene rings is 1. The van der Waals surface area contributed by atoms with E-state index >= 15 is 0 Å². The number of hydrogen-bond donors (Lipinski definition) is 1. The Kier molecular flexibility index (Phi) is 5.13. The molecule has 2 atom stereocenters. The average molecular weight is 276 g/mol. The van der Waals surface area contributed by atoms with Gasteiger partial charge in [-0.1, -0.05) is 17.9 Å². The molecule has 3 nitrogen and oxygen atoms in total. The molecule has 0 radical (unpaired) electrons. The fourth-order valence-corrected chi connectivity index (χ4v) is 2.56. The van der Waals surface area contributed by atoms with Crippen molar-refractivity contribution in [1.29, 1.82) is 0 Å². The van der Waals surface area contributed by atoms with E-state index in [9.17, 15) is 4.39 Å². The Bertz CT molecular complexity index is 511. The second-order valence-electron chi connectivity index (χ2n) is 5.26. The first-order valence-electron chi connectivity index (χ1n) is 6.93. The lowest BCUT2D eigenvalue weighted by atomic mass is 10.1. The Morgan fingerprint density at radius 3 is 2.65 bits per heavy atom. The molecule has 0 unspecified atom stereocenters. The minimum atomic E-state index is -0.208. The average Bonchev–Trinajstić information content (AvgIpc) is 2.38. The van der Waals surface area contributed by atoms with Crippen LogP contribution in [0.4, 0.5) is 4.39 Å². The summed E-state index contributed by atoms with van der Waals surface area (Å²) in [5, 5.41) is 0. The maximum Gasteiger partial charge on any atom is 0.128 e. The van der Waals surface area contributed by atoms with Crippen LogP contribution in [0, 0.1) is 17.7 Å². The molecule has 2 rings (SSSR count). The van der Waals surface area contributed by atoms with Gasteiger partial charge in [0.05, 0.1) is 18.8 Å². The molecule has 0 aliphatic carbocycles. The van der Waals surface area contributed by atoms with Crippen LogP contribution >= 0.6 is 0 Å². The summed E-state index contributed by atoms with van der Waals surface area (Å²) in [6.07, 6.45) is 0.382. The van der Waals surface area contributed by atoms with Crippen molar-refractivity contribution in [3.8, 4) is 11.8 Å². The van der Waals surface area contributed by atoms with Crippen LogP contribution in [0.15, 0.2) is 18.2 Å². The van der Waals surface area contributed by atoms with Gasteiger partial charge in [-0.25, -0.2) is 4.39 Å². The van der Waals surface area contributed by atoms with Gasteiger partial charge in [0.15, 0.2) is 0 Å². The molecule has 1 heterocycles. The van der Waals surface area contributed by atoms with Crippen molar-refractivity contribution in [3.63, 3.8) is 0 Å². The van der Waals surface area contributed by atoms with Crippen LogP contribution < -0.4 is 5.73 Å². The van der Waals surface area contributed by atoms with Crippen LogP contribution in [-0.4, -0.2) is 36.7 Å². The summed E-state index contributed by atoms with van der Waals surface area (Å²) in [5.41, 5.74) is 6.67. The summed E-state index contributed by atoms with van der Waals surface area (Å²) in [4.78, 5) is 2.22. The van der Waals surface area contributed by atoms with E-state index in [4.69, 9.17) is 10.5 Å². The Hall–Kier alpha value is -1.41. The first kappa shape index (κ1) is 15.0. The van der Waals surface area contributed by atoms with Crippen molar-refractivity contribution in [2.24, 2.45) is 5.73 Å². The van der Waals surface area contributed by atoms with Crippen LogP contribution in [0.5, 0.6) is 0 Å². The molecule has 0 bridgehead atoms. The van der Waals surface area contributed by atoms with Gasteiger partial charge in [-0.3, -0.25) is 4.90 Å². The highest BCUT2D eigenvalue weighted by Gasteiger charge is 2.22. The van der Waals surface area contributed by atoms with Gasteiger partial charge in [-0.2, -0.15) is 0 Å². The van der Waals surface area contributed by atoms with Crippen molar-refractivity contribution in [2.75, 3.05) is 19.6 Å². The molecule has 0 saturated carbocycles. The Morgan fingerprint density at radius 1 is 1.35 bits per heavy atom. The van der Waals surface area contributed by atoms with Crippen molar-refractivity contribution in [2.45, 2.75) is 32.6 Å². The smallest absolute Gasteiger partial charge is 0.128 e. The van der Waals surface area contributed by atoms with Crippen molar-refractivity contribution in [3.05, 3.63) is 35.1 Å². The number of halogens is 1. The maximum absolute atomic E-state index is 14.1. The van der Waals surface area contributed by atoms with Gasteiger partial charge in [0.2, 0.25) is 0 Å². The number of ether oxygens (including phenoxy) is 1. The molecule has 1 saturated heterocycles. The van der Waals surface area contributed by atoms with Gasteiger partial charge >= 0.3 is 0 Å². The van der Waals surface area contributed by atoms with Crippen LogP contribution in [-0.2, 0) is 11.3 Å². The first-order chi connectivity index (χ1) is 9.58. The number of hydrogen-bond acceptors (Lipinski definition) is 3. The number of nitrogens with zero attached hydrogens (tertiary/aromatic N) is 1. The number of morpholine rings is 1. The molecule has 1 fully saturated rings. The molecule has 0 aromatic heterocycles. The second kappa shape index (κ2) is 6.85. The van der Waals surface area contributed by atoms with Gasteiger partial charge in [-0.05, 0) is 26.0 Å². The third kappa shape index (κ3) is 4.04. The van der Waals surface area contributed by atoms with Gasteiger partial charge in [0, 0.05) is 30.8 Å². The standard InChI is InChI=1S/C16H21FN2O/c1-12-9-19(10-13(2)20-12)11-15-6-5-14(4-3-7-18)8-16(15)17/h5-6,8,12-13H,7,9-11,18H2,1-2H3/t12-,13+. The molecule has 108 valence electrons. The summed E-state index contributed by atoms with van der Waals surface area (Å²) < 4.78 is 19.8. The fourth-order valence-electron chi connectivity index (χ4n) is 2.56. The Morgan fingerprint density at radius 2 is 2.05 bits per heavy atom. The van der Waals surface area contributed by atoms with E-state index < -0.39 is 0 Å². The molecular formula is C16H21FN2O. The predicted octanol–water partition coefficient (Wildman–Crippen LogP) is 1.75. The van der Waals surface area contributed by atoms with Crippen LogP contribution in [0.3, 0.4) is 0 Å². The minimum Gasteiger partial charge on any atom is -0.373 e. The minimum absolute atomic E-state index is 0.191. The summed E-state index contributed by atoms with van der Waals surface area (Å²) in [5.74, 6) is 5.36. The molecule has 4 heteroatoms. The summed E-state index contributed by atoms with van der Waals surface area (Å²) in [7, 11) is 0. The third-order valence-corrected chi connectivity index (χ3v) is 3.28. The SMILES string of the molecule is C[C@@H]1CN(Cc2ccc(C#CCN)cc2F)C[C@H](C)O1. The Balaban J connectivity index is 2.06. The van der Waals surface area contributed by atoms with E-state index in [1.165, 1.54) is 6.07 Å². The monoisotopic (exact) mass is 276 g/mol. The highest BCUT2D eigenvalue weighted by atomic mass is 19.1. The van der Waals surface area contributed by atoms with Gasteiger partial charge in [0.1, 0.15) is 5.82 Å². The summed E-state index contributed by atoms with van der Waals surface area (Å²) >= 11 is 0. The van der Waals surface area contributed by atoms with Gasteiger partial charge < -0.3 is 10.5 Å². The summed E-state index contributed by atoms with van der Waals surface area (Å²) in [6.45, 7) is 6.65. The largest absolute Gasteiger partial charge is 0.373 e. The zero-order chi connectivity index (χ0) is 14.5. The Labute approximate surface area is 119 Å². The van der Waals surface area contributed by atoms with E-state index in [1.807, 2.05) is 19.9 Å². The predicted molar refractivity (Wildman–Crippen MR) is 77.6 cm³/mol. The molecular weight excluding hydrogens is 255 g/mol. The van der Waals surface area contributed by atoms with Crippen LogP contribution in [0.25, 0.3) is 0 Å². The normalized spacial score (nSPS) is 23.2. The number of rotatable bonds is 2. The maximum atomic E-state index is 14.1. The van der Waals surface area contributed by atoms with E-state index in [0.717, 1.165) is 13.1 Å². The van der Waals surface area contributed by atoms with Gasteiger partial charge in [0.25, 0.3) is 0 Å². The highest BCUT2D eigenvalue weighted by Crippen LogP contribution is 2.17. The third-order valence-electron chi connectivity index (χ3n) is 3.28. The lowest BCUT2D eigenvalue weighted by Gasteiger charge is -2.35. The van der Waals surface area contributed by atoms with Crippen LogP contribution in [0.1, 0.15) is 25.0 Å². The van der Waals surface area contributed by atoms with Crippen LogP contribution in [0.2, 0.25) is 0 Å². The first-order valence-corrected chi connectivity index (χ1v) is 6.93. The lowest BCUT2D eigenvalue weighted by Crippen LogP contribution is -2.44. The molecule has 0 amide bonds. The summed E-state index contributed by atoms with van der Waals surface area (Å²) in [6, 6.07) is 5.13. The van der Waals surface area contributed by atoms with Crippen molar-refractivity contribution < 1.29 is 9.13 Å². The number of nitrogens with two attached hydrogens (primary N) is 1. The molecule has 0 spiro atoms. The lowest BCUT2D eigenvalue weighted by molar-refractivity contribution is -0.0707. The zero-order valence-electron chi connectivity index (χ0n) is 12.0. The second-order valence-corrected chi connectivity index (χ2v) is 5.26. The van der Waals surface area contributed by atoms with Crippen molar-refractivity contribution >= 4 is 0 Å².